The number of aryl methyl sites for hydroxylation is 2. The number of benzene rings is 2. The second-order valence-electron chi connectivity index (χ2n) is 22.0. The summed E-state index contributed by atoms with van der Waals surface area (Å²) in [5, 5.41) is 0. The lowest BCUT2D eigenvalue weighted by atomic mass is 9.82. The highest BCUT2D eigenvalue weighted by atomic mass is 19.5. The van der Waals surface area contributed by atoms with Crippen molar-refractivity contribution in [2.24, 2.45) is 11.8 Å². The molecular formula is C50H30F52. The van der Waals surface area contributed by atoms with Crippen molar-refractivity contribution in [2.75, 3.05) is 0 Å². The van der Waals surface area contributed by atoms with E-state index in [0.717, 1.165) is 24.3 Å². The van der Waals surface area contributed by atoms with Crippen LogP contribution in [0.2, 0.25) is 0 Å². The Hall–Kier alpha value is -5.64. The quantitative estimate of drug-likeness (QED) is 0.0506. The van der Waals surface area contributed by atoms with Gasteiger partial charge in [-0.05, 0) is 85.8 Å². The van der Waals surface area contributed by atoms with Crippen LogP contribution in [0.1, 0.15) is 73.6 Å². The van der Waals surface area contributed by atoms with Crippen molar-refractivity contribution < 1.29 is 228 Å². The molecule has 0 aliphatic rings. The maximum atomic E-state index is 14.9. The van der Waals surface area contributed by atoms with E-state index in [9.17, 15) is 228 Å². The van der Waals surface area contributed by atoms with Crippen LogP contribution >= 0.6 is 0 Å². The number of hydrogen-bond donors (Lipinski definition) is 0. The molecule has 0 heterocycles. The lowest BCUT2D eigenvalue weighted by Crippen LogP contribution is -2.70. The van der Waals surface area contributed by atoms with Gasteiger partial charge in [0.15, 0.2) is 0 Å². The minimum atomic E-state index is -8.80. The Kier molecular flexibility index (Phi) is 24.7. The smallest absolute Gasteiger partial charge is 0.200 e. The summed E-state index contributed by atoms with van der Waals surface area (Å²) >= 11 is 0. The van der Waals surface area contributed by atoms with Crippen LogP contribution in [0.5, 0.6) is 0 Å². The summed E-state index contributed by atoms with van der Waals surface area (Å²) in [6.07, 6.45) is -58.3. The van der Waals surface area contributed by atoms with Gasteiger partial charge in [-0.15, -0.1) is 0 Å². The first kappa shape index (κ1) is 92.4. The number of alkyl halides is 52. The van der Waals surface area contributed by atoms with Crippen LogP contribution in [0.4, 0.5) is 228 Å². The van der Waals surface area contributed by atoms with Gasteiger partial charge < -0.3 is 0 Å². The third kappa shape index (κ3) is 15.4. The Balaban J connectivity index is 2.62. The van der Waals surface area contributed by atoms with Gasteiger partial charge in [0.25, 0.3) is 0 Å². The van der Waals surface area contributed by atoms with Gasteiger partial charge >= 0.3 is 143 Å². The normalized spacial score (nSPS) is 15.9. The van der Waals surface area contributed by atoms with Crippen molar-refractivity contribution in [3.63, 3.8) is 0 Å². The fourth-order valence-electron chi connectivity index (χ4n) is 8.57. The van der Waals surface area contributed by atoms with Gasteiger partial charge in [0.1, 0.15) is 0 Å². The first-order valence-electron chi connectivity index (χ1n) is 25.8. The molecular weight excluding hydrogens is 1590 g/mol. The molecule has 0 amide bonds. The second-order valence-corrected chi connectivity index (χ2v) is 22.0. The van der Waals surface area contributed by atoms with Gasteiger partial charge in [-0.1, -0.05) is 36.1 Å². The Morgan fingerprint density at radius 2 is 0.343 bits per heavy atom. The number of hydrogen-bond acceptors (Lipinski definition) is 0. The molecule has 0 aliphatic carbocycles. The highest BCUT2D eigenvalue weighted by molar-refractivity contribution is 5.44. The molecule has 0 radical (unpaired) electrons. The summed E-state index contributed by atoms with van der Waals surface area (Å²) < 4.78 is 718. The Morgan fingerprint density at radius 1 is 0.196 bits per heavy atom. The molecule has 0 aromatic heterocycles. The van der Waals surface area contributed by atoms with Gasteiger partial charge in [-0.2, -0.15) is 228 Å². The molecule has 0 saturated carbocycles. The maximum Gasteiger partial charge on any atom is 0.460 e. The predicted molar refractivity (Wildman–Crippen MR) is 233 cm³/mol. The van der Waals surface area contributed by atoms with Crippen LogP contribution in [0, 0.1) is 23.7 Å². The third-order valence-corrected chi connectivity index (χ3v) is 14.6. The van der Waals surface area contributed by atoms with E-state index >= 15 is 0 Å². The van der Waals surface area contributed by atoms with Crippen LogP contribution < -0.4 is 0 Å². The monoisotopic (exact) mass is 1620 g/mol. The van der Waals surface area contributed by atoms with Crippen molar-refractivity contribution in [3.8, 4) is 11.8 Å². The molecule has 0 unspecified atom stereocenters. The van der Waals surface area contributed by atoms with Crippen LogP contribution in [0.25, 0.3) is 0 Å². The average molecular weight is 1620 g/mol. The van der Waals surface area contributed by atoms with Crippen molar-refractivity contribution in [2.45, 2.75) is 207 Å². The highest BCUT2D eigenvalue weighted by Crippen LogP contribution is 2.67. The van der Waals surface area contributed by atoms with E-state index in [1.807, 2.05) is 0 Å². The van der Waals surface area contributed by atoms with E-state index in [0.29, 0.717) is 24.3 Å². The van der Waals surface area contributed by atoms with Crippen LogP contribution in [0.3, 0.4) is 0 Å². The van der Waals surface area contributed by atoms with Gasteiger partial charge in [0, 0.05) is 36.8 Å². The molecule has 0 fully saturated rings. The zero-order chi connectivity index (χ0) is 81.6. The van der Waals surface area contributed by atoms with E-state index in [1.165, 1.54) is 0 Å². The Bertz CT molecular complexity index is 2830. The fraction of sp³-hybridized carbons (Fsp3) is 0.720. The zero-order valence-electron chi connectivity index (χ0n) is 47.5. The molecule has 2 aromatic rings. The molecule has 2 rings (SSSR count). The van der Waals surface area contributed by atoms with E-state index in [2.05, 4.69) is 11.8 Å². The summed E-state index contributed by atoms with van der Waals surface area (Å²) in [5.74, 6) is -173. The van der Waals surface area contributed by atoms with Crippen molar-refractivity contribution in [3.05, 3.63) is 70.8 Å². The summed E-state index contributed by atoms with van der Waals surface area (Å²) in [6.45, 7) is 0. The van der Waals surface area contributed by atoms with E-state index < -0.39 is 230 Å². The summed E-state index contributed by atoms with van der Waals surface area (Å²) in [4.78, 5) is 0. The molecule has 0 nitrogen and oxygen atoms in total. The van der Waals surface area contributed by atoms with E-state index in [1.54, 1.807) is 0 Å². The van der Waals surface area contributed by atoms with E-state index in [4.69, 9.17) is 0 Å². The Labute approximate surface area is 530 Å². The second kappa shape index (κ2) is 27.3. The summed E-state index contributed by atoms with van der Waals surface area (Å²) in [6, 6.07) is 5.67. The van der Waals surface area contributed by atoms with E-state index in [-0.39, 0.29) is 11.1 Å². The van der Waals surface area contributed by atoms with Crippen molar-refractivity contribution >= 4 is 0 Å². The first-order chi connectivity index (χ1) is 44.3. The topological polar surface area (TPSA) is 0 Å². The first-order valence-corrected chi connectivity index (χ1v) is 25.8. The number of halogens is 52. The van der Waals surface area contributed by atoms with Crippen molar-refractivity contribution in [1.82, 2.24) is 0 Å². The van der Waals surface area contributed by atoms with Gasteiger partial charge in [-0.3, -0.25) is 0 Å². The minimum absolute atomic E-state index is 0.367. The standard InChI is InChI=1S/C50H30F52/c51-27(52,31(59,60)35(67,68)39(75,76)43(83,84)47(91,92)93)17-25(18-28(53,54)32(61,62)36(69,70)40(77,78)44(85,86)48(94,95)96)5-1-3-21-7-11-23(12-8-21)15-16-24-13-9-22(10-14-24)4-2-6-26(19-29(55,56)33(63,64)37(71,72)41(79,80)45(87,88)49(97,98)99)20-30(57,58)34(65,66)38(73,74)42(81,82)46(89,90)50(100,101)102/h7-14,25-26H,1-6,17-20H2. The molecule has 0 saturated heterocycles. The maximum absolute atomic E-state index is 14.9. The van der Waals surface area contributed by atoms with Gasteiger partial charge in [-0.25, -0.2) is 0 Å². The van der Waals surface area contributed by atoms with Crippen LogP contribution in [-0.2, 0) is 12.8 Å². The molecule has 0 N–H and O–H groups in total. The zero-order valence-corrected chi connectivity index (χ0v) is 47.5. The molecule has 594 valence electrons. The summed E-state index contributed by atoms with van der Waals surface area (Å²) in [7, 11) is 0. The lowest BCUT2D eigenvalue weighted by molar-refractivity contribution is -0.443. The number of rotatable bonds is 32. The average Bonchev–Trinajstić information content (AvgIpc) is 0.728. The molecule has 0 spiro atoms. The molecule has 0 aliphatic heterocycles. The predicted octanol–water partition coefficient (Wildman–Crippen LogP) is 23.5. The van der Waals surface area contributed by atoms with Gasteiger partial charge in [0.05, 0.1) is 0 Å². The van der Waals surface area contributed by atoms with Gasteiger partial charge in [0.2, 0.25) is 0 Å². The highest BCUT2D eigenvalue weighted by Gasteiger charge is 2.95. The van der Waals surface area contributed by atoms with Crippen LogP contribution in [0.15, 0.2) is 48.5 Å². The Morgan fingerprint density at radius 3 is 0.490 bits per heavy atom. The van der Waals surface area contributed by atoms with Crippen LogP contribution in [-0.4, -0.2) is 143 Å². The van der Waals surface area contributed by atoms with Crippen molar-refractivity contribution in [1.29, 1.82) is 0 Å². The lowest BCUT2D eigenvalue weighted by Gasteiger charge is -2.42. The molecule has 102 heavy (non-hydrogen) atoms. The minimum Gasteiger partial charge on any atom is -0.200 e. The third-order valence-electron chi connectivity index (χ3n) is 14.6. The molecule has 2 aromatic carbocycles. The fourth-order valence-corrected chi connectivity index (χ4v) is 8.57. The SMILES string of the molecule is FC(F)(F)C(F)(F)C(F)(F)C(F)(F)C(F)(F)C(F)(F)CC(CCCc1ccc(C#Cc2ccc(CCCC(CC(F)(F)C(F)(F)C(F)(F)C(F)(F)C(F)(F)C(F)(F)F)CC(F)(F)C(F)(F)C(F)(F)C(F)(F)C(F)(F)C(F)(F)F)cc2)cc1)CC(F)(F)C(F)(F)C(F)(F)C(F)(F)C(F)(F)C(F)(F)F. The molecule has 52 heteroatoms. The molecule has 0 atom stereocenters. The summed E-state index contributed by atoms with van der Waals surface area (Å²) in [5.41, 5.74) is -1.69. The largest absolute Gasteiger partial charge is 0.460 e. The molecule has 0 bridgehead atoms.